The van der Waals surface area contributed by atoms with Gasteiger partial charge in [0.1, 0.15) is 15.8 Å². The summed E-state index contributed by atoms with van der Waals surface area (Å²) < 4.78 is 19.1. The van der Waals surface area contributed by atoms with Gasteiger partial charge in [-0.05, 0) is 41.5 Å². The summed E-state index contributed by atoms with van der Waals surface area (Å²) in [4.78, 5) is 7.43. The van der Waals surface area contributed by atoms with E-state index in [1.165, 1.54) is 6.33 Å². The Morgan fingerprint density at radius 3 is 3.00 bits per heavy atom. The Morgan fingerprint density at radius 2 is 2.25 bits per heavy atom. The molecule has 0 bridgehead atoms. The summed E-state index contributed by atoms with van der Waals surface area (Å²) in [5, 5.41) is 0.579. The van der Waals surface area contributed by atoms with Gasteiger partial charge in [-0.1, -0.05) is 17.7 Å². The fourth-order valence-corrected chi connectivity index (χ4v) is 1.78. The van der Waals surface area contributed by atoms with Gasteiger partial charge in [-0.25, -0.2) is 4.98 Å². The van der Waals surface area contributed by atoms with E-state index in [1.807, 2.05) is 6.08 Å². The third kappa shape index (κ3) is 2.52. The fourth-order valence-electron chi connectivity index (χ4n) is 1.21. The van der Waals surface area contributed by atoms with Crippen LogP contribution in [-0.2, 0) is 0 Å². The van der Waals surface area contributed by atoms with Crippen LogP contribution in [0.5, 0.6) is 5.88 Å². The molecule has 0 unspecified atom stereocenters. The summed E-state index contributed by atoms with van der Waals surface area (Å²) >= 11 is 7.74. The summed E-state index contributed by atoms with van der Waals surface area (Å²) in [6.45, 7) is 0. The largest absolute Gasteiger partial charge is 0.435 e. The fraction of sp³-hybridized carbons (Fsp3) is 0.200. The van der Waals surface area contributed by atoms with Crippen molar-refractivity contribution in [3.63, 3.8) is 0 Å². The number of hydrogen-bond acceptors (Lipinski definition) is 3. The molecule has 0 fully saturated rings. The lowest BCUT2D eigenvalue weighted by Crippen LogP contribution is -2.03. The van der Waals surface area contributed by atoms with Crippen molar-refractivity contribution in [1.82, 2.24) is 9.97 Å². The summed E-state index contributed by atoms with van der Waals surface area (Å²) in [5.41, 5.74) is 0. The van der Waals surface area contributed by atoms with E-state index < -0.39 is 5.82 Å². The molecule has 1 heterocycles. The van der Waals surface area contributed by atoms with E-state index in [2.05, 4.69) is 9.97 Å². The molecule has 0 aromatic carbocycles. The Bertz CT molecular complexity index is 476. The smallest absolute Gasteiger partial charge is 0.260 e. The minimum Gasteiger partial charge on any atom is -0.435 e. The summed E-state index contributed by atoms with van der Waals surface area (Å²) in [7, 11) is 0. The van der Waals surface area contributed by atoms with Gasteiger partial charge in [0.05, 0.1) is 5.03 Å². The number of hydrogen-bond donors (Lipinski definition) is 0. The Morgan fingerprint density at radius 1 is 1.44 bits per heavy atom. The second-order valence-electron chi connectivity index (χ2n) is 3.10. The molecule has 0 saturated heterocycles. The summed E-state index contributed by atoms with van der Waals surface area (Å²) in [6.07, 6.45) is 6.47. The molecule has 0 radical (unpaired) electrons. The summed E-state index contributed by atoms with van der Waals surface area (Å²) in [5.74, 6) is -0.223. The van der Waals surface area contributed by atoms with Gasteiger partial charge in [-0.3, -0.25) is 0 Å². The Labute approximate surface area is 111 Å². The van der Waals surface area contributed by atoms with Gasteiger partial charge >= 0.3 is 0 Å². The van der Waals surface area contributed by atoms with Crippen LogP contribution in [0.4, 0.5) is 4.39 Å². The highest BCUT2D eigenvalue weighted by molar-refractivity contribution is 14.1. The maximum absolute atomic E-state index is 13.5. The van der Waals surface area contributed by atoms with Gasteiger partial charge in [-0.15, -0.1) is 0 Å². The van der Waals surface area contributed by atoms with E-state index >= 15 is 0 Å². The lowest BCUT2D eigenvalue weighted by Gasteiger charge is -2.11. The van der Waals surface area contributed by atoms with E-state index in [0.717, 1.165) is 6.42 Å². The van der Waals surface area contributed by atoms with Gasteiger partial charge in [0, 0.05) is 0 Å². The van der Waals surface area contributed by atoms with E-state index in [9.17, 15) is 4.39 Å². The molecule has 6 heteroatoms. The van der Waals surface area contributed by atoms with Crippen molar-refractivity contribution in [3.05, 3.63) is 38.8 Å². The van der Waals surface area contributed by atoms with Crippen molar-refractivity contribution in [2.45, 2.75) is 12.8 Å². The van der Waals surface area contributed by atoms with Gasteiger partial charge in [0.2, 0.25) is 5.82 Å². The van der Waals surface area contributed by atoms with E-state index in [4.69, 9.17) is 16.3 Å². The lowest BCUT2D eigenvalue weighted by atomic mass is 10.2. The lowest BCUT2D eigenvalue weighted by molar-refractivity contribution is 0.384. The van der Waals surface area contributed by atoms with Crippen LogP contribution in [0.2, 0.25) is 0 Å². The number of ether oxygens (including phenoxy) is 1. The van der Waals surface area contributed by atoms with Crippen LogP contribution in [0.1, 0.15) is 12.8 Å². The molecule has 0 atom stereocenters. The van der Waals surface area contributed by atoms with E-state index in [0.29, 0.717) is 17.2 Å². The zero-order chi connectivity index (χ0) is 11.5. The van der Waals surface area contributed by atoms with Crippen molar-refractivity contribution in [2.24, 2.45) is 0 Å². The van der Waals surface area contributed by atoms with Gasteiger partial charge < -0.3 is 4.74 Å². The Balaban J connectivity index is 2.27. The first kappa shape index (κ1) is 11.8. The molecule has 2 rings (SSSR count). The molecule has 0 spiro atoms. The van der Waals surface area contributed by atoms with Crippen LogP contribution < -0.4 is 4.74 Å². The third-order valence-electron chi connectivity index (χ3n) is 1.99. The van der Waals surface area contributed by atoms with Crippen LogP contribution in [0, 0.1) is 9.52 Å². The average Bonchev–Trinajstić information content (AvgIpc) is 2.28. The molecule has 0 aliphatic heterocycles. The quantitative estimate of drug-likeness (QED) is 0.604. The monoisotopic (exact) mass is 352 g/mol. The molecule has 84 valence electrons. The molecule has 0 amide bonds. The van der Waals surface area contributed by atoms with Crippen LogP contribution >= 0.6 is 34.2 Å². The second kappa shape index (κ2) is 5.09. The van der Waals surface area contributed by atoms with E-state index in [1.54, 1.807) is 28.7 Å². The normalized spacial score (nSPS) is 15.4. The Kier molecular flexibility index (Phi) is 3.75. The molecule has 0 saturated carbocycles. The molecule has 1 aliphatic carbocycles. The standard InChI is InChI=1S/C10H7ClFIN2O/c11-6-3-1-2-4-7(6)16-10-8(12)9(13)14-5-15-10/h2,4-5H,1,3H2. The first-order valence-corrected chi connectivity index (χ1v) is 6.03. The van der Waals surface area contributed by atoms with Crippen molar-refractivity contribution in [3.8, 4) is 5.88 Å². The van der Waals surface area contributed by atoms with Crippen LogP contribution in [-0.4, -0.2) is 9.97 Å². The summed E-state index contributed by atoms with van der Waals surface area (Å²) in [6, 6.07) is 0. The minimum absolute atomic E-state index is 0.0981. The SMILES string of the molecule is Fc1c(I)ncnc1OC1=C(Cl)CCC=C1. The van der Waals surface area contributed by atoms with Gasteiger partial charge in [0.25, 0.3) is 5.88 Å². The maximum Gasteiger partial charge on any atom is 0.260 e. The highest BCUT2D eigenvalue weighted by atomic mass is 127. The average molecular weight is 353 g/mol. The first-order chi connectivity index (χ1) is 7.68. The minimum atomic E-state index is -0.570. The zero-order valence-electron chi connectivity index (χ0n) is 8.08. The third-order valence-corrected chi connectivity index (χ3v) is 3.12. The number of allylic oxidation sites excluding steroid dienone is 3. The van der Waals surface area contributed by atoms with Crippen molar-refractivity contribution >= 4 is 34.2 Å². The number of aromatic nitrogens is 2. The zero-order valence-corrected chi connectivity index (χ0v) is 11.0. The van der Waals surface area contributed by atoms with Crippen molar-refractivity contribution < 1.29 is 9.13 Å². The molecule has 0 N–H and O–H groups in total. The van der Waals surface area contributed by atoms with E-state index in [-0.39, 0.29) is 9.58 Å². The predicted octanol–water partition coefficient (Wildman–Crippen LogP) is 3.40. The maximum atomic E-state index is 13.5. The second-order valence-corrected chi connectivity index (χ2v) is 4.57. The highest BCUT2D eigenvalue weighted by Crippen LogP contribution is 2.26. The van der Waals surface area contributed by atoms with Crippen LogP contribution in [0.15, 0.2) is 29.3 Å². The predicted molar refractivity (Wildman–Crippen MR) is 66.6 cm³/mol. The molecule has 1 aromatic heterocycles. The number of nitrogens with zero attached hydrogens (tertiary/aromatic N) is 2. The molecule has 1 aromatic rings. The molecule has 3 nitrogen and oxygen atoms in total. The molecule has 16 heavy (non-hydrogen) atoms. The number of rotatable bonds is 2. The molecular formula is C10H7ClFIN2O. The molecule has 1 aliphatic rings. The number of halogens is 3. The molecular weight excluding hydrogens is 345 g/mol. The van der Waals surface area contributed by atoms with Crippen LogP contribution in [0.3, 0.4) is 0 Å². The van der Waals surface area contributed by atoms with Crippen molar-refractivity contribution in [1.29, 1.82) is 0 Å². The topological polar surface area (TPSA) is 35.0 Å². The Hall–Kier alpha value is -0.690. The van der Waals surface area contributed by atoms with Gasteiger partial charge in [0.15, 0.2) is 0 Å². The highest BCUT2D eigenvalue weighted by Gasteiger charge is 2.14. The van der Waals surface area contributed by atoms with Crippen LogP contribution in [0.25, 0.3) is 0 Å². The van der Waals surface area contributed by atoms with Crippen molar-refractivity contribution in [2.75, 3.05) is 0 Å². The first-order valence-electron chi connectivity index (χ1n) is 4.57. The van der Waals surface area contributed by atoms with Gasteiger partial charge in [-0.2, -0.15) is 9.37 Å².